The van der Waals surface area contributed by atoms with Crippen LogP contribution in [0.5, 0.6) is 0 Å². The average Bonchev–Trinajstić information content (AvgIpc) is 1.99. The van der Waals surface area contributed by atoms with Crippen LogP contribution < -0.4 is 0 Å². The maximum absolute atomic E-state index is 9.83. The van der Waals surface area contributed by atoms with Gasteiger partial charge in [-0.25, -0.2) is 0 Å². The summed E-state index contributed by atoms with van der Waals surface area (Å²) < 4.78 is 0. The minimum Gasteiger partial charge on any atom is -0.393 e. The van der Waals surface area contributed by atoms with Gasteiger partial charge in [-0.2, -0.15) is 0 Å². The molecule has 0 aromatic heterocycles. The standard InChI is InChI=1S/C10H22O2/c1-5-6-9(8(2)3)10(4,12)7-11/h8-9,11-12H,5-7H2,1-4H3/t9?,10-/m0/s1. The minimum absolute atomic E-state index is 0.143. The van der Waals surface area contributed by atoms with Crippen molar-refractivity contribution in [3.8, 4) is 0 Å². The zero-order valence-electron chi connectivity index (χ0n) is 8.67. The quantitative estimate of drug-likeness (QED) is 0.667. The molecule has 0 aromatic carbocycles. The van der Waals surface area contributed by atoms with E-state index in [1.165, 1.54) is 0 Å². The van der Waals surface area contributed by atoms with Crippen LogP contribution in [0.25, 0.3) is 0 Å². The third-order valence-electron chi connectivity index (χ3n) is 2.52. The summed E-state index contributed by atoms with van der Waals surface area (Å²) in [6, 6.07) is 0. The van der Waals surface area contributed by atoms with Crippen LogP contribution in [0.2, 0.25) is 0 Å². The van der Waals surface area contributed by atoms with E-state index >= 15 is 0 Å². The summed E-state index contributed by atoms with van der Waals surface area (Å²) in [5, 5.41) is 18.8. The average molecular weight is 174 g/mol. The third-order valence-corrected chi connectivity index (χ3v) is 2.52. The molecule has 0 rings (SSSR count). The Morgan fingerprint density at radius 1 is 1.33 bits per heavy atom. The highest BCUT2D eigenvalue weighted by molar-refractivity contribution is 4.82. The summed E-state index contributed by atoms with van der Waals surface area (Å²) in [5.41, 5.74) is -0.913. The Morgan fingerprint density at radius 3 is 2.08 bits per heavy atom. The van der Waals surface area contributed by atoms with Crippen molar-refractivity contribution in [2.75, 3.05) is 6.61 Å². The van der Waals surface area contributed by atoms with Crippen LogP contribution in [-0.4, -0.2) is 22.4 Å². The predicted octanol–water partition coefficient (Wildman–Crippen LogP) is 1.80. The van der Waals surface area contributed by atoms with Gasteiger partial charge in [-0.1, -0.05) is 27.2 Å². The maximum Gasteiger partial charge on any atom is 0.0879 e. The fourth-order valence-electron chi connectivity index (χ4n) is 1.79. The summed E-state index contributed by atoms with van der Waals surface area (Å²) in [6.07, 6.45) is 2.03. The molecule has 2 atom stereocenters. The van der Waals surface area contributed by atoms with Crippen LogP contribution >= 0.6 is 0 Å². The van der Waals surface area contributed by atoms with Gasteiger partial charge >= 0.3 is 0 Å². The summed E-state index contributed by atoms with van der Waals surface area (Å²) in [7, 11) is 0. The number of aliphatic hydroxyl groups is 2. The molecule has 0 aliphatic carbocycles. The Labute approximate surface area is 75.6 Å². The van der Waals surface area contributed by atoms with E-state index in [2.05, 4.69) is 20.8 Å². The number of aliphatic hydroxyl groups excluding tert-OH is 1. The molecule has 0 bridgehead atoms. The lowest BCUT2D eigenvalue weighted by molar-refractivity contribution is -0.0646. The lowest BCUT2D eigenvalue weighted by Gasteiger charge is -2.34. The first-order valence-corrected chi connectivity index (χ1v) is 4.79. The van der Waals surface area contributed by atoms with Crippen molar-refractivity contribution in [2.24, 2.45) is 11.8 Å². The molecule has 0 aromatic rings. The van der Waals surface area contributed by atoms with Crippen molar-refractivity contribution in [1.29, 1.82) is 0 Å². The van der Waals surface area contributed by atoms with E-state index in [-0.39, 0.29) is 12.5 Å². The van der Waals surface area contributed by atoms with Crippen LogP contribution in [0.4, 0.5) is 0 Å². The van der Waals surface area contributed by atoms with Gasteiger partial charge in [-0.3, -0.25) is 0 Å². The third kappa shape index (κ3) is 3.11. The van der Waals surface area contributed by atoms with Crippen LogP contribution in [0.3, 0.4) is 0 Å². The van der Waals surface area contributed by atoms with Crippen LogP contribution in [0, 0.1) is 11.8 Å². The van der Waals surface area contributed by atoms with E-state index < -0.39 is 5.60 Å². The summed E-state index contributed by atoms with van der Waals surface area (Å²) in [5.74, 6) is 0.625. The molecule has 0 saturated heterocycles. The Kier molecular flexibility index (Phi) is 4.80. The van der Waals surface area contributed by atoms with E-state index in [0.29, 0.717) is 5.92 Å². The monoisotopic (exact) mass is 174 g/mol. The Morgan fingerprint density at radius 2 is 1.83 bits per heavy atom. The van der Waals surface area contributed by atoms with Crippen LogP contribution in [-0.2, 0) is 0 Å². The molecule has 2 N–H and O–H groups in total. The van der Waals surface area contributed by atoms with Gasteiger partial charge in [0.05, 0.1) is 12.2 Å². The first kappa shape index (κ1) is 11.9. The highest BCUT2D eigenvalue weighted by Crippen LogP contribution is 2.28. The van der Waals surface area contributed by atoms with Crippen LogP contribution in [0.1, 0.15) is 40.5 Å². The molecule has 74 valence electrons. The van der Waals surface area contributed by atoms with E-state index in [4.69, 9.17) is 5.11 Å². The highest BCUT2D eigenvalue weighted by Gasteiger charge is 2.32. The summed E-state index contributed by atoms with van der Waals surface area (Å²) in [4.78, 5) is 0. The number of hydrogen-bond donors (Lipinski definition) is 2. The molecule has 0 spiro atoms. The molecule has 0 aliphatic heterocycles. The fraction of sp³-hybridized carbons (Fsp3) is 1.00. The van der Waals surface area contributed by atoms with E-state index in [0.717, 1.165) is 12.8 Å². The van der Waals surface area contributed by atoms with Gasteiger partial charge in [0, 0.05) is 0 Å². The summed E-state index contributed by atoms with van der Waals surface area (Å²) in [6.45, 7) is 7.85. The van der Waals surface area contributed by atoms with Gasteiger partial charge in [0.25, 0.3) is 0 Å². The first-order chi connectivity index (χ1) is 5.45. The Balaban J connectivity index is 4.27. The molecule has 0 fully saturated rings. The molecular formula is C10H22O2. The number of rotatable bonds is 5. The molecule has 0 radical (unpaired) electrons. The lowest BCUT2D eigenvalue weighted by Crippen LogP contribution is -2.41. The van der Waals surface area contributed by atoms with Crippen molar-refractivity contribution < 1.29 is 10.2 Å². The minimum atomic E-state index is -0.913. The van der Waals surface area contributed by atoms with Crippen LogP contribution in [0.15, 0.2) is 0 Å². The SMILES string of the molecule is CCCC(C(C)C)[C@@](C)(O)CO. The largest absolute Gasteiger partial charge is 0.393 e. The predicted molar refractivity (Wildman–Crippen MR) is 50.9 cm³/mol. The van der Waals surface area contributed by atoms with Gasteiger partial charge in [0.1, 0.15) is 0 Å². The zero-order valence-corrected chi connectivity index (χ0v) is 8.67. The molecule has 2 heteroatoms. The second-order valence-corrected chi connectivity index (χ2v) is 4.15. The lowest BCUT2D eigenvalue weighted by atomic mass is 9.78. The van der Waals surface area contributed by atoms with E-state index in [1.54, 1.807) is 6.92 Å². The normalized spacial score (nSPS) is 19.2. The molecule has 0 heterocycles. The highest BCUT2D eigenvalue weighted by atomic mass is 16.3. The molecular weight excluding hydrogens is 152 g/mol. The Hall–Kier alpha value is -0.0800. The summed E-state index contributed by atoms with van der Waals surface area (Å²) >= 11 is 0. The van der Waals surface area contributed by atoms with Crippen molar-refractivity contribution >= 4 is 0 Å². The number of hydrogen-bond acceptors (Lipinski definition) is 2. The van der Waals surface area contributed by atoms with Gasteiger partial charge in [0.2, 0.25) is 0 Å². The van der Waals surface area contributed by atoms with Gasteiger partial charge in [-0.15, -0.1) is 0 Å². The van der Waals surface area contributed by atoms with Gasteiger partial charge < -0.3 is 10.2 Å². The van der Waals surface area contributed by atoms with Crippen molar-refractivity contribution in [3.63, 3.8) is 0 Å². The van der Waals surface area contributed by atoms with E-state index in [1.807, 2.05) is 0 Å². The van der Waals surface area contributed by atoms with E-state index in [9.17, 15) is 5.11 Å². The van der Waals surface area contributed by atoms with Gasteiger partial charge in [0.15, 0.2) is 0 Å². The second kappa shape index (κ2) is 4.83. The Bertz CT molecular complexity index is 119. The first-order valence-electron chi connectivity index (χ1n) is 4.79. The smallest absolute Gasteiger partial charge is 0.0879 e. The van der Waals surface area contributed by atoms with Gasteiger partial charge in [-0.05, 0) is 25.2 Å². The molecule has 12 heavy (non-hydrogen) atoms. The topological polar surface area (TPSA) is 40.5 Å². The zero-order chi connectivity index (χ0) is 9.78. The molecule has 0 amide bonds. The molecule has 2 nitrogen and oxygen atoms in total. The molecule has 0 aliphatic rings. The molecule has 0 saturated carbocycles. The second-order valence-electron chi connectivity index (χ2n) is 4.15. The van der Waals surface area contributed by atoms with Crippen molar-refractivity contribution in [2.45, 2.75) is 46.1 Å². The maximum atomic E-state index is 9.83. The van der Waals surface area contributed by atoms with Crippen molar-refractivity contribution in [3.05, 3.63) is 0 Å². The molecule has 1 unspecified atom stereocenters. The fourth-order valence-corrected chi connectivity index (χ4v) is 1.79. The van der Waals surface area contributed by atoms with Crippen molar-refractivity contribution in [1.82, 2.24) is 0 Å².